The van der Waals surface area contributed by atoms with Gasteiger partial charge in [-0.3, -0.25) is 0 Å². The van der Waals surface area contributed by atoms with Crippen molar-refractivity contribution in [1.29, 1.82) is 0 Å². The molecular weight excluding hydrogens is 400 g/mol. The van der Waals surface area contributed by atoms with Crippen LogP contribution in [0.1, 0.15) is 15.1 Å². The van der Waals surface area contributed by atoms with Gasteiger partial charge in [-0.15, -0.1) is 0 Å². The smallest absolute Gasteiger partial charge is 0.136 e. The molecule has 1 heterocycles. The van der Waals surface area contributed by atoms with Gasteiger partial charge in [-0.2, -0.15) is 0 Å². The first-order valence-corrected chi connectivity index (χ1v) is 10.4. The van der Waals surface area contributed by atoms with Gasteiger partial charge in [-0.25, -0.2) is 0 Å². The lowest BCUT2D eigenvalue weighted by atomic mass is 9.86. The van der Waals surface area contributed by atoms with Gasteiger partial charge in [0.2, 0.25) is 0 Å². The highest BCUT2D eigenvalue weighted by molar-refractivity contribution is 6.22. The largest absolute Gasteiger partial charge is 0.456 e. The summed E-state index contributed by atoms with van der Waals surface area (Å²) < 4.78 is 104. The molecule has 1 heteroatoms. The zero-order valence-electron chi connectivity index (χ0n) is 28.1. The van der Waals surface area contributed by atoms with Gasteiger partial charge in [0.1, 0.15) is 11.2 Å². The maximum absolute atomic E-state index is 9.27. The van der Waals surface area contributed by atoms with Crippen molar-refractivity contribution in [3.8, 4) is 22.3 Å². The topological polar surface area (TPSA) is 13.1 Å². The summed E-state index contributed by atoms with van der Waals surface area (Å²) >= 11 is 0. The number of rotatable bonds is 2. The molecule has 7 aromatic rings. The van der Waals surface area contributed by atoms with Crippen LogP contribution in [0.5, 0.6) is 0 Å². The summed E-state index contributed by atoms with van der Waals surface area (Å²) in [6.45, 7) is 0. The van der Waals surface area contributed by atoms with Crippen LogP contribution in [-0.4, -0.2) is 0 Å². The third-order valence-electron chi connectivity index (χ3n) is 5.83. The Balaban J connectivity index is 1.87. The molecule has 0 amide bonds. The quantitative estimate of drug-likeness (QED) is 0.249. The third-order valence-corrected chi connectivity index (χ3v) is 5.83. The van der Waals surface area contributed by atoms with Crippen LogP contribution in [0.15, 0.2) is 125 Å². The lowest BCUT2D eigenvalue weighted by Crippen LogP contribution is -1.90. The minimum Gasteiger partial charge on any atom is -0.456 e. The molecule has 0 radical (unpaired) electrons. The molecule has 0 saturated heterocycles. The standard InChI is InChI=1S/C32H20O/c1-2-10-21(11-3-1)31-25-13-4-6-15-27(25)32(28-16-7-5-14-26(28)31)22-18-19-24-23-12-8-9-17-29(23)33-30(24)20-22/h1-20H/i4D,5D,6D,7D,13D,14D,15D,16D,18D,19D,20D. The fourth-order valence-electron chi connectivity index (χ4n) is 4.42. The van der Waals surface area contributed by atoms with E-state index in [4.69, 9.17) is 18.1 Å². The molecule has 1 aromatic heterocycles. The zero-order valence-corrected chi connectivity index (χ0v) is 17.1. The van der Waals surface area contributed by atoms with Crippen LogP contribution in [0.4, 0.5) is 0 Å². The normalized spacial score (nSPS) is 16.3. The summed E-state index contributed by atoms with van der Waals surface area (Å²) in [6, 6.07) is 10.2. The van der Waals surface area contributed by atoms with Crippen molar-refractivity contribution in [1.82, 2.24) is 0 Å². The van der Waals surface area contributed by atoms with Crippen LogP contribution in [0.2, 0.25) is 0 Å². The fourth-order valence-corrected chi connectivity index (χ4v) is 4.42. The summed E-state index contributed by atoms with van der Waals surface area (Å²) in [5.74, 6) is 0. The van der Waals surface area contributed by atoms with Gasteiger partial charge < -0.3 is 4.42 Å². The van der Waals surface area contributed by atoms with Gasteiger partial charge in [-0.05, 0) is 61.9 Å². The molecule has 7 rings (SSSR count). The lowest BCUT2D eigenvalue weighted by Gasteiger charge is -2.17. The Morgan fingerprint density at radius 2 is 1.03 bits per heavy atom. The summed E-state index contributed by atoms with van der Waals surface area (Å²) in [7, 11) is 0. The van der Waals surface area contributed by atoms with Crippen molar-refractivity contribution in [2.45, 2.75) is 0 Å². The Morgan fingerprint density at radius 3 is 1.70 bits per heavy atom. The van der Waals surface area contributed by atoms with Crippen molar-refractivity contribution < 1.29 is 19.5 Å². The highest BCUT2D eigenvalue weighted by Crippen LogP contribution is 2.44. The van der Waals surface area contributed by atoms with Crippen molar-refractivity contribution in [3.05, 3.63) is 121 Å². The zero-order chi connectivity index (χ0) is 31.4. The van der Waals surface area contributed by atoms with Crippen molar-refractivity contribution >= 4 is 43.5 Å². The Hall–Kier alpha value is -4.36. The number of benzene rings is 6. The molecule has 0 aliphatic heterocycles. The first kappa shape index (κ1) is 10.5. The third kappa shape index (κ3) is 2.73. The molecule has 6 aromatic carbocycles. The minimum absolute atomic E-state index is 0.0164. The van der Waals surface area contributed by atoms with E-state index in [-0.39, 0.29) is 61.3 Å². The van der Waals surface area contributed by atoms with E-state index in [2.05, 4.69) is 0 Å². The first-order valence-electron chi connectivity index (χ1n) is 15.9. The predicted molar refractivity (Wildman–Crippen MR) is 140 cm³/mol. The highest BCUT2D eigenvalue weighted by atomic mass is 16.3. The van der Waals surface area contributed by atoms with Crippen LogP contribution in [-0.2, 0) is 0 Å². The van der Waals surface area contributed by atoms with Crippen LogP contribution in [0.25, 0.3) is 65.7 Å². The second-order valence-electron chi connectivity index (χ2n) is 7.67. The highest BCUT2D eigenvalue weighted by Gasteiger charge is 2.17. The second kappa shape index (κ2) is 7.08. The van der Waals surface area contributed by atoms with Crippen molar-refractivity contribution in [3.63, 3.8) is 0 Å². The monoisotopic (exact) mass is 431 g/mol. The molecule has 0 saturated carbocycles. The maximum Gasteiger partial charge on any atom is 0.136 e. The van der Waals surface area contributed by atoms with Gasteiger partial charge in [0, 0.05) is 10.8 Å². The van der Waals surface area contributed by atoms with E-state index in [0.717, 1.165) is 0 Å². The van der Waals surface area contributed by atoms with Gasteiger partial charge in [0.25, 0.3) is 0 Å². The van der Waals surface area contributed by atoms with E-state index in [1.54, 1.807) is 54.6 Å². The molecule has 0 atom stereocenters. The van der Waals surface area contributed by atoms with E-state index in [9.17, 15) is 1.37 Å². The summed E-state index contributed by atoms with van der Waals surface area (Å²) in [4.78, 5) is 0. The van der Waals surface area contributed by atoms with E-state index in [1.165, 1.54) is 0 Å². The average Bonchev–Trinajstić information content (AvgIpc) is 3.43. The number of furan rings is 1. The van der Waals surface area contributed by atoms with Crippen LogP contribution >= 0.6 is 0 Å². The molecule has 154 valence electrons. The molecule has 0 N–H and O–H groups in total. The Bertz CT molecular complexity index is 2310. The van der Waals surface area contributed by atoms with Crippen LogP contribution in [0.3, 0.4) is 0 Å². The van der Waals surface area contributed by atoms with Crippen molar-refractivity contribution in [2.75, 3.05) is 0 Å². The Kier molecular flexibility index (Phi) is 2.25. The molecule has 33 heavy (non-hydrogen) atoms. The summed E-state index contributed by atoms with van der Waals surface area (Å²) in [5.41, 5.74) is 0.615. The van der Waals surface area contributed by atoms with Crippen LogP contribution in [0, 0.1) is 0 Å². The number of hydrogen-bond acceptors (Lipinski definition) is 1. The SMILES string of the molecule is [2H]c1c([2H])c([2H])c2c(-c3c([2H])c([2H])c4c(oc5ccccc54)c3[2H])c3c([2H])c([2H])c([2H])c([2H])c3c(-c3ccccc3)c2c1[2H]. The average molecular weight is 432 g/mol. The van der Waals surface area contributed by atoms with E-state index >= 15 is 0 Å². The van der Waals surface area contributed by atoms with Gasteiger partial charge in [0.05, 0.1) is 15.1 Å². The van der Waals surface area contributed by atoms with Gasteiger partial charge in [-0.1, -0.05) is 103 Å². The first-order chi connectivity index (χ1) is 21.0. The van der Waals surface area contributed by atoms with Crippen LogP contribution < -0.4 is 0 Å². The maximum atomic E-state index is 9.27. The molecule has 0 aliphatic rings. The summed E-state index contributed by atoms with van der Waals surface area (Å²) in [5, 5.41) is 0.472. The van der Waals surface area contributed by atoms with E-state index in [0.29, 0.717) is 16.5 Å². The molecule has 0 aliphatic carbocycles. The fraction of sp³-hybridized carbons (Fsp3) is 0. The molecule has 0 fully saturated rings. The van der Waals surface area contributed by atoms with E-state index < -0.39 is 54.4 Å². The number of hydrogen-bond donors (Lipinski definition) is 0. The predicted octanol–water partition coefficient (Wildman–Crippen LogP) is 9.23. The molecular formula is C32H20O. The molecule has 1 nitrogen and oxygen atoms in total. The van der Waals surface area contributed by atoms with E-state index in [1.807, 2.05) is 0 Å². The number of para-hydroxylation sites is 1. The van der Waals surface area contributed by atoms with Crippen molar-refractivity contribution in [2.24, 2.45) is 0 Å². The molecule has 0 bridgehead atoms. The Labute approximate surface area is 207 Å². The molecule has 0 unspecified atom stereocenters. The minimum atomic E-state index is -0.586. The lowest BCUT2D eigenvalue weighted by molar-refractivity contribution is 0.669. The molecule has 0 spiro atoms. The second-order valence-corrected chi connectivity index (χ2v) is 7.67. The summed E-state index contributed by atoms with van der Waals surface area (Å²) in [6.07, 6.45) is 0. The van der Waals surface area contributed by atoms with Gasteiger partial charge >= 0.3 is 0 Å². The van der Waals surface area contributed by atoms with Gasteiger partial charge in [0.15, 0.2) is 0 Å². The number of fused-ring (bicyclic) bond motifs is 5. The Morgan fingerprint density at radius 1 is 0.455 bits per heavy atom.